The van der Waals surface area contributed by atoms with Gasteiger partial charge in [-0.3, -0.25) is 9.48 Å². The highest BCUT2D eigenvalue weighted by molar-refractivity contribution is 5.96. The van der Waals surface area contributed by atoms with E-state index in [-0.39, 0.29) is 11.9 Å². The minimum absolute atomic E-state index is 0.0733. The second kappa shape index (κ2) is 7.49. The Morgan fingerprint density at radius 3 is 2.43 bits per heavy atom. The predicted molar refractivity (Wildman–Crippen MR) is 116 cm³/mol. The first-order valence-corrected chi connectivity index (χ1v) is 10.3. The van der Waals surface area contributed by atoms with Crippen LogP contribution in [0.3, 0.4) is 0 Å². The highest BCUT2D eigenvalue weighted by Gasteiger charge is 2.35. The van der Waals surface area contributed by atoms with Crippen molar-refractivity contribution in [3.8, 4) is 11.8 Å². The maximum Gasteiger partial charge on any atom is 0.256 e. The van der Waals surface area contributed by atoms with Gasteiger partial charge in [0.25, 0.3) is 5.91 Å². The van der Waals surface area contributed by atoms with Gasteiger partial charge in [-0.25, -0.2) is 0 Å². The van der Waals surface area contributed by atoms with Gasteiger partial charge in [0.1, 0.15) is 0 Å². The van der Waals surface area contributed by atoms with Crippen molar-refractivity contribution in [3.05, 3.63) is 69.8 Å². The van der Waals surface area contributed by atoms with Crippen molar-refractivity contribution < 1.29 is 4.79 Å². The van der Waals surface area contributed by atoms with Gasteiger partial charge in [0.05, 0.1) is 28.9 Å². The van der Waals surface area contributed by atoms with Crippen LogP contribution in [0.25, 0.3) is 5.69 Å². The number of hydrogen-bond acceptors (Lipinski definition) is 3. The van der Waals surface area contributed by atoms with Crippen molar-refractivity contribution in [2.24, 2.45) is 7.05 Å². The fourth-order valence-electron chi connectivity index (χ4n) is 4.80. The topological polar surface area (TPSA) is 66.8 Å². The fourth-order valence-corrected chi connectivity index (χ4v) is 4.80. The van der Waals surface area contributed by atoms with E-state index in [2.05, 4.69) is 22.7 Å². The Morgan fingerprint density at radius 2 is 1.83 bits per heavy atom. The zero-order valence-corrected chi connectivity index (χ0v) is 18.2. The third-order valence-corrected chi connectivity index (χ3v) is 6.33. The van der Waals surface area contributed by atoms with E-state index in [4.69, 9.17) is 5.26 Å². The molecule has 1 amide bonds. The van der Waals surface area contributed by atoms with Gasteiger partial charge in [0.2, 0.25) is 0 Å². The lowest BCUT2D eigenvalue weighted by Crippen LogP contribution is -2.31. The number of carbonyl (C=O) groups is 1. The third-order valence-electron chi connectivity index (χ3n) is 6.33. The van der Waals surface area contributed by atoms with Crippen LogP contribution in [-0.4, -0.2) is 31.7 Å². The molecule has 1 aromatic carbocycles. The summed E-state index contributed by atoms with van der Waals surface area (Å²) in [6.07, 6.45) is 1.96. The van der Waals surface area contributed by atoms with Crippen molar-refractivity contribution in [3.63, 3.8) is 0 Å². The summed E-state index contributed by atoms with van der Waals surface area (Å²) in [5.41, 5.74) is 7.56. The van der Waals surface area contributed by atoms with Crippen molar-refractivity contribution in [1.29, 1.82) is 5.26 Å². The van der Waals surface area contributed by atoms with E-state index in [9.17, 15) is 4.79 Å². The molecular formula is C24H27N5O. The molecule has 1 aliphatic heterocycles. The number of likely N-dealkylation sites (tertiary alicyclic amines) is 1. The fraction of sp³-hybridized carbons (Fsp3) is 0.375. The third kappa shape index (κ3) is 3.11. The van der Waals surface area contributed by atoms with Gasteiger partial charge in [0.15, 0.2) is 0 Å². The van der Waals surface area contributed by atoms with Gasteiger partial charge < -0.3 is 9.47 Å². The Bertz CT molecular complexity index is 1160. The van der Waals surface area contributed by atoms with Gasteiger partial charge in [-0.05, 0) is 70.9 Å². The van der Waals surface area contributed by atoms with Crippen LogP contribution >= 0.6 is 0 Å². The van der Waals surface area contributed by atoms with E-state index >= 15 is 0 Å². The lowest BCUT2D eigenvalue weighted by atomic mass is 10.0. The Hall–Kier alpha value is -3.33. The Kier molecular flexibility index (Phi) is 4.98. The number of carbonyl (C=O) groups excluding carboxylic acids is 1. The Balaban J connectivity index is 1.70. The van der Waals surface area contributed by atoms with E-state index in [0.29, 0.717) is 5.56 Å². The average Bonchev–Trinajstić information content (AvgIpc) is 3.38. The van der Waals surface area contributed by atoms with E-state index in [1.165, 1.54) is 5.56 Å². The second-order valence-corrected chi connectivity index (χ2v) is 8.14. The average molecular weight is 402 g/mol. The number of aromatic nitrogens is 3. The summed E-state index contributed by atoms with van der Waals surface area (Å²) in [5, 5.41) is 13.6. The molecule has 0 bridgehead atoms. The maximum atomic E-state index is 13.6. The zero-order chi connectivity index (χ0) is 21.6. The van der Waals surface area contributed by atoms with E-state index < -0.39 is 0 Å². The molecule has 6 heteroatoms. The summed E-state index contributed by atoms with van der Waals surface area (Å²) < 4.78 is 3.99. The van der Waals surface area contributed by atoms with Gasteiger partial charge in [-0.2, -0.15) is 10.4 Å². The van der Waals surface area contributed by atoms with Crippen LogP contribution < -0.4 is 0 Å². The molecule has 0 aliphatic carbocycles. The Morgan fingerprint density at radius 1 is 1.13 bits per heavy atom. The zero-order valence-electron chi connectivity index (χ0n) is 18.2. The van der Waals surface area contributed by atoms with Crippen molar-refractivity contribution in [2.45, 2.75) is 46.6 Å². The molecule has 4 rings (SSSR count). The van der Waals surface area contributed by atoms with Gasteiger partial charge >= 0.3 is 0 Å². The number of amides is 1. The molecule has 0 unspecified atom stereocenters. The summed E-state index contributed by atoms with van der Waals surface area (Å²) >= 11 is 0. The van der Waals surface area contributed by atoms with Crippen LogP contribution in [0, 0.1) is 39.0 Å². The number of rotatable bonds is 3. The molecule has 0 N–H and O–H groups in total. The molecule has 6 nitrogen and oxygen atoms in total. The molecule has 0 spiro atoms. The first-order chi connectivity index (χ1) is 14.3. The molecule has 1 fully saturated rings. The van der Waals surface area contributed by atoms with Crippen LogP contribution in [0.4, 0.5) is 0 Å². The van der Waals surface area contributed by atoms with E-state index in [1.807, 2.05) is 55.6 Å². The van der Waals surface area contributed by atoms with Gasteiger partial charge in [0, 0.05) is 41.9 Å². The smallest absolute Gasteiger partial charge is 0.256 e. The first kappa shape index (κ1) is 20.0. The molecule has 1 saturated heterocycles. The monoisotopic (exact) mass is 401 g/mol. The normalized spacial score (nSPS) is 16.1. The molecule has 1 aliphatic rings. The highest BCUT2D eigenvalue weighted by Crippen LogP contribution is 2.37. The molecule has 3 heterocycles. The molecule has 0 radical (unpaired) electrons. The summed E-state index contributed by atoms with van der Waals surface area (Å²) in [6, 6.07) is 11.7. The first-order valence-electron chi connectivity index (χ1n) is 10.3. The second-order valence-electron chi connectivity index (χ2n) is 8.14. The number of benzene rings is 1. The molecule has 0 saturated carbocycles. The largest absolute Gasteiger partial charge is 0.331 e. The minimum atomic E-state index is 0.0733. The van der Waals surface area contributed by atoms with Crippen molar-refractivity contribution >= 4 is 5.91 Å². The summed E-state index contributed by atoms with van der Waals surface area (Å²) in [7, 11) is 1.96. The number of hydrogen-bond donors (Lipinski definition) is 0. The summed E-state index contributed by atoms with van der Waals surface area (Å²) in [4.78, 5) is 15.6. The number of aryl methyl sites for hydroxylation is 3. The molecule has 3 aromatic rings. The summed E-state index contributed by atoms with van der Waals surface area (Å²) in [6.45, 7) is 8.87. The van der Waals surface area contributed by atoms with Crippen LogP contribution in [0.5, 0.6) is 0 Å². The molecule has 30 heavy (non-hydrogen) atoms. The predicted octanol–water partition coefficient (Wildman–Crippen LogP) is 4.29. The number of nitrogens with zero attached hydrogens (tertiary/aromatic N) is 5. The van der Waals surface area contributed by atoms with E-state index in [1.54, 1.807) is 12.1 Å². The minimum Gasteiger partial charge on any atom is -0.331 e. The number of nitriles is 1. The lowest BCUT2D eigenvalue weighted by molar-refractivity contribution is 0.0734. The van der Waals surface area contributed by atoms with Crippen molar-refractivity contribution in [1.82, 2.24) is 19.2 Å². The van der Waals surface area contributed by atoms with E-state index in [0.717, 1.165) is 53.4 Å². The summed E-state index contributed by atoms with van der Waals surface area (Å²) in [5.74, 6) is 0.0770. The standard InChI is InChI=1S/C24H27N5O/c1-15-13-21(17(3)29(15)20-10-8-19(14-25)9-11-20)24(30)28-12-6-7-22(28)23-16(2)26-27(5)18(23)4/h8-11,13,22H,6-7,12H2,1-5H3/t22-/m1/s1. The van der Waals surface area contributed by atoms with Crippen LogP contribution in [-0.2, 0) is 7.05 Å². The Labute approximate surface area is 177 Å². The lowest BCUT2D eigenvalue weighted by Gasteiger charge is -2.25. The molecular weight excluding hydrogens is 374 g/mol. The van der Waals surface area contributed by atoms with Gasteiger partial charge in [-0.1, -0.05) is 0 Å². The maximum absolute atomic E-state index is 13.6. The molecule has 154 valence electrons. The van der Waals surface area contributed by atoms with Crippen LogP contribution in [0.15, 0.2) is 30.3 Å². The molecule has 2 aromatic heterocycles. The molecule has 1 atom stereocenters. The SMILES string of the molecule is Cc1nn(C)c(C)c1[C@H]1CCCN1C(=O)c1cc(C)n(-c2ccc(C#N)cc2)c1C. The van der Waals surface area contributed by atoms with Crippen LogP contribution in [0.2, 0.25) is 0 Å². The van der Waals surface area contributed by atoms with Gasteiger partial charge in [-0.15, -0.1) is 0 Å². The quantitative estimate of drug-likeness (QED) is 0.657. The van der Waals surface area contributed by atoms with Crippen LogP contribution in [0.1, 0.15) is 63.1 Å². The highest BCUT2D eigenvalue weighted by atomic mass is 16.2. The van der Waals surface area contributed by atoms with Crippen molar-refractivity contribution in [2.75, 3.05) is 6.54 Å².